The van der Waals surface area contributed by atoms with Gasteiger partial charge in [0, 0.05) is 10.0 Å². The van der Waals surface area contributed by atoms with Crippen molar-refractivity contribution in [2.75, 3.05) is 7.11 Å². The Balaban J connectivity index is 2.22. The van der Waals surface area contributed by atoms with Crippen LogP contribution < -0.4 is 15.0 Å². The summed E-state index contributed by atoms with van der Waals surface area (Å²) < 4.78 is 29.7. The molecule has 128 valence electrons. The van der Waals surface area contributed by atoms with Crippen molar-refractivity contribution in [3.63, 3.8) is 0 Å². The van der Waals surface area contributed by atoms with Gasteiger partial charge in [-0.25, -0.2) is 8.42 Å². The summed E-state index contributed by atoms with van der Waals surface area (Å²) in [4.78, 5) is 14.2. The quantitative estimate of drug-likeness (QED) is 0.771. The van der Waals surface area contributed by atoms with Crippen molar-refractivity contribution in [2.24, 2.45) is 0 Å². The lowest BCUT2D eigenvalue weighted by Crippen LogP contribution is -2.41. The summed E-state index contributed by atoms with van der Waals surface area (Å²) in [5.74, 6) is -0.451. The number of hydrogen-bond acceptors (Lipinski definition) is 4. The second kappa shape index (κ2) is 7.40. The normalized spacial score (nSPS) is 11.2. The Labute approximate surface area is 149 Å². The number of halogens is 2. The molecule has 24 heavy (non-hydrogen) atoms. The molecule has 0 bridgehead atoms. The van der Waals surface area contributed by atoms with E-state index in [1.807, 2.05) is 4.83 Å². The zero-order chi connectivity index (χ0) is 17.9. The first-order valence-corrected chi connectivity index (χ1v) is 8.90. The number of amides is 1. The highest BCUT2D eigenvalue weighted by Crippen LogP contribution is 2.23. The fraction of sp³-hybridized carbons (Fsp3) is 0.133. The van der Waals surface area contributed by atoms with Gasteiger partial charge in [0.15, 0.2) is 0 Å². The summed E-state index contributed by atoms with van der Waals surface area (Å²) in [5.41, 5.74) is 2.71. The van der Waals surface area contributed by atoms with E-state index in [-0.39, 0.29) is 21.2 Å². The highest BCUT2D eigenvalue weighted by molar-refractivity contribution is 7.89. The Kier molecular flexibility index (Phi) is 5.71. The minimum Gasteiger partial charge on any atom is -0.496 e. The minimum absolute atomic E-state index is 0.0339. The summed E-state index contributed by atoms with van der Waals surface area (Å²) in [6.07, 6.45) is 0. The molecule has 0 unspecified atom stereocenters. The number of ether oxygens (including phenoxy) is 1. The minimum atomic E-state index is -3.99. The first-order valence-electron chi connectivity index (χ1n) is 6.66. The van der Waals surface area contributed by atoms with Crippen LogP contribution in [0.1, 0.15) is 15.9 Å². The largest absolute Gasteiger partial charge is 0.496 e. The highest BCUT2D eigenvalue weighted by atomic mass is 35.5. The maximum absolute atomic E-state index is 12.3. The number of hydrazine groups is 1. The zero-order valence-electron chi connectivity index (χ0n) is 12.8. The van der Waals surface area contributed by atoms with Crippen molar-refractivity contribution < 1.29 is 17.9 Å². The number of nitrogens with one attached hydrogen (secondary N) is 2. The molecule has 9 heteroatoms. The molecule has 1 amide bonds. The van der Waals surface area contributed by atoms with Gasteiger partial charge in [-0.3, -0.25) is 10.2 Å². The molecule has 2 aromatic rings. The van der Waals surface area contributed by atoms with E-state index in [1.165, 1.54) is 25.3 Å². The van der Waals surface area contributed by atoms with Crippen LogP contribution in [-0.2, 0) is 10.0 Å². The van der Waals surface area contributed by atoms with E-state index in [2.05, 4.69) is 5.43 Å². The van der Waals surface area contributed by atoms with Gasteiger partial charge in [-0.2, -0.15) is 0 Å². The number of hydrogen-bond donors (Lipinski definition) is 2. The third-order valence-corrected chi connectivity index (χ3v) is 5.00. The fourth-order valence-corrected chi connectivity index (χ4v) is 3.48. The Morgan fingerprint density at radius 1 is 1.08 bits per heavy atom. The van der Waals surface area contributed by atoms with Crippen molar-refractivity contribution in [1.82, 2.24) is 10.3 Å². The van der Waals surface area contributed by atoms with Gasteiger partial charge >= 0.3 is 0 Å². The number of carbonyl (C=O) groups is 1. The Morgan fingerprint density at radius 2 is 1.71 bits per heavy atom. The molecule has 2 rings (SSSR count). The number of benzene rings is 2. The van der Waals surface area contributed by atoms with E-state index >= 15 is 0 Å². The van der Waals surface area contributed by atoms with Crippen LogP contribution in [0.2, 0.25) is 10.0 Å². The highest BCUT2D eigenvalue weighted by Gasteiger charge is 2.20. The molecule has 0 aliphatic rings. The summed E-state index contributed by atoms with van der Waals surface area (Å²) in [6, 6.07) is 8.87. The lowest BCUT2D eigenvalue weighted by Gasteiger charge is -2.12. The molecule has 0 heterocycles. The fourth-order valence-electron chi connectivity index (χ4n) is 1.96. The Bertz CT molecular complexity index is 885. The number of methoxy groups -OCH3 is 1. The first kappa shape index (κ1) is 18.5. The number of carbonyl (C=O) groups excluding carboxylic acids is 1. The van der Waals surface area contributed by atoms with Gasteiger partial charge in [-0.1, -0.05) is 29.3 Å². The molecule has 0 radical (unpaired) electrons. The van der Waals surface area contributed by atoms with Gasteiger partial charge in [0.1, 0.15) is 5.75 Å². The van der Waals surface area contributed by atoms with Crippen LogP contribution in [0, 0.1) is 6.92 Å². The molecule has 6 nitrogen and oxygen atoms in total. The predicted octanol–water partition coefficient (Wildman–Crippen LogP) is 2.93. The topological polar surface area (TPSA) is 84.5 Å². The maximum atomic E-state index is 12.3. The third-order valence-electron chi connectivity index (χ3n) is 3.14. The van der Waals surface area contributed by atoms with Crippen LogP contribution in [0.4, 0.5) is 0 Å². The van der Waals surface area contributed by atoms with Gasteiger partial charge in [-0.05, 0) is 42.8 Å². The Hall–Kier alpha value is -1.80. The van der Waals surface area contributed by atoms with Gasteiger partial charge in [0.05, 0.1) is 17.6 Å². The molecule has 0 spiro atoms. The molecular weight excluding hydrogens is 375 g/mol. The van der Waals surface area contributed by atoms with E-state index in [0.717, 1.165) is 0 Å². The van der Waals surface area contributed by atoms with E-state index in [0.29, 0.717) is 10.6 Å². The van der Waals surface area contributed by atoms with Crippen LogP contribution >= 0.6 is 23.2 Å². The molecule has 0 atom stereocenters. The molecule has 0 fully saturated rings. The molecule has 0 aromatic heterocycles. The summed E-state index contributed by atoms with van der Waals surface area (Å²) in [5, 5.41) is 0.582. The second-order valence-electron chi connectivity index (χ2n) is 4.81. The predicted molar refractivity (Wildman–Crippen MR) is 92.0 cm³/mol. The molecule has 2 aromatic carbocycles. The molecule has 0 saturated carbocycles. The number of aryl methyl sites for hydroxylation is 1. The summed E-state index contributed by atoms with van der Waals surface area (Å²) >= 11 is 11.7. The molecule has 2 N–H and O–H groups in total. The van der Waals surface area contributed by atoms with Gasteiger partial charge in [0.2, 0.25) is 0 Å². The monoisotopic (exact) mass is 388 g/mol. The molecule has 0 aliphatic carbocycles. The Morgan fingerprint density at radius 3 is 2.38 bits per heavy atom. The average Bonchev–Trinajstić information content (AvgIpc) is 2.54. The number of rotatable bonds is 5. The van der Waals surface area contributed by atoms with Crippen molar-refractivity contribution in [1.29, 1.82) is 0 Å². The van der Waals surface area contributed by atoms with Crippen molar-refractivity contribution in [2.45, 2.75) is 11.8 Å². The van der Waals surface area contributed by atoms with Crippen molar-refractivity contribution >= 4 is 39.1 Å². The van der Waals surface area contributed by atoms with Crippen molar-refractivity contribution in [3.8, 4) is 5.75 Å². The van der Waals surface area contributed by atoms with Crippen LogP contribution in [0.5, 0.6) is 5.75 Å². The van der Waals surface area contributed by atoms with Crippen LogP contribution in [0.3, 0.4) is 0 Å². The summed E-state index contributed by atoms with van der Waals surface area (Å²) in [6.45, 7) is 1.62. The SMILES string of the molecule is COc1ccc(Cl)cc1C(=O)NNS(=O)(=O)c1cc(Cl)ccc1C. The van der Waals surface area contributed by atoms with Crippen LogP contribution in [0.25, 0.3) is 0 Å². The summed E-state index contributed by atoms with van der Waals surface area (Å²) in [7, 11) is -2.60. The van der Waals surface area contributed by atoms with Gasteiger partial charge in [-0.15, -0.1) is 4.83 Å². The van der Waals surface area contributed by atoms with E-state index in [1.54, 1.807) is 25.1 Å². The third kappa shape index (κ3) is 4.18. The first-order chi connectivity index (χ1) is 11.2. The van der Waals surface area contributed by atoms with Gasteiger partial charge < -0.3 is 4.74 Å². The molecule has 0 saturated heterocycles. The van der Waals surface area contributed by atoms with Gasteiger partial charge in [0.25, 0.3) is 15.9 Å². The van der Waals surface area contributed by atoms with Crippen LogP contribution in [-0.4, -0.2) is 21.4 Å². The van der Waals surface area contributed by atoms with Crippen LogP contribution in [0.15, 0.2) is 41.3 Å². The zero-order valence-corrected chi connectivity index (χ0v) is 15.1. The van der Waals surface area contributed by atoms with Crippen molar-refractivity contribution in [3.05, 3.63) is 57.6 Å². The lowest BCUT2D eigenvalue weighted by molar-refractivity contribution is 0.0942. The molecular formula is C15H14Cl2N2O4S. The van der Waals surface area contributed by atoms with E-state index in [9.17, 15) is 13.2 Å². The number of sulfonamides is 1. The second-order valence-corrected chi connectivity index (χ2v) is 7.34. The lowest BCUT2D eigenvalue weighted by atomic mass is 10.2. The maximum Gasteiger partial charge on any atom is 0.270 e. The van der Waals surface area contributed by atoms with E-state index < -0.39 is 15.9 Å². The smallest absolute Gasteiger partial charge is 0.270 e. The standard InChI is InChI=1S/C15H14Cl2N2O4S/c1-9-3-4-11(17)8-14(9)24(21,22)19-18-15(20)12-7-10(16)5-6-13(12)23-2/h3-8,19H,1-2H3,(H,18,20). The molecule has 0 aliphatic heterocycles. The van der Waals surface area contributed by atoms with E-state index in [4.69, 9.17) is 27.9 Å². The average molecular weight is 389 g/mol.